The average molecular weight is 363 g/mol. The minimum absolute atomic E-state index is 0.00937. The molecule has 0 fully saturated rings. The van der Waals surface area contributed by atoms with Crippen LogP contribution in [-0.2, 0) is 16.4 Å². The van der Waals surface area contributed by atoms with Gasteiger partial charge in [0.2, 0.25) is 5.13 Å². The summed E-state index contributed by atoms with van der Waals surface area (Å²) in [6.07, 6.45) is 0.707. The van der Waals surface area contributed by atoms with E-state index in [1.54, 1.807) is 6.07 Å². The topological polar surface area (TPSA) is 98.0 Å². The Kier molecular flexibility index (Phi) is 4.07. The van der Waals surface area contributed by atoms with E-state index in [-0.39, 0.29) is 15.7 Å². The minimum atomic E-state index is -3.76. The van der Waals surface area contributed by atoms with Gasteiger partial charge in [0.1, 0.15) is 9.90 Å². The number of rotatable bonds is 4. The SMILES string of the molecule is CCc1nnc(NS(=O)(=O)c2cc(Br)ccc2N)s1. The zero-order valence-corrected chi connectivity index (χ0v) is 13.1. The van der Waals surface area contributed by atoms with Crippen molar-refractivity contribution >= 4 is 48.1 Å². The van der Waals surface area contributed by atoms with Crippen molar-refractivity contribution in [1.82, 2.24) is 10.2 Å². The Hall–Kier alpha value is -1.19. The Morgan fingerprint density at radius 3 is 2.79 bits per heavy atom. The van der Waals surface area contributed by atoms with Crippen molar-refractivity contribution in [2.24, 2.45) is 0 Å². The predicted molar refractivity (Wildman–Crippen MR) is 78.6 cm³/mol. The third-order valence-corrected chi connectivity index (χ3v) is 5.26. The summed E-state index contributed by atoms with van der Waals surface area (Å²) in [4.78, 5) is 0.00937. The van der Waals surface area contributed by atoms with Gasteiger partial charge in [-0.1, -0.05) is 34.2 Å². The monoisotopic (exact) mass is 362 g/mol. The Bertz CT molecular complexity index is 699. The van der Waals surface area contributed by atoms with E-state index >= 15 is 0 Å². The molecule has 6 nitrogen and oxygen atoms in total. The molecule has 102 valence electrons. The lowest BCUT2D eigenvalue weighted by Gasteiger charge is -2.07. The summed E-state index contributed by atoms with van der Waals surface area (Å²) in [7, 11) is -3.76. The van der Waals surface area contributed by atoms with Gasteiger partial charge in [0, 0.05) is 4.47 Å². The van der Waals surface area contributed by atoms with Gasteiger partial charge in [-0.3, -0.25) is 4.72 Å². The normalized spacial score (nSPS) is 11.5. The highest BCUT2D eigenvalue weighted by atomic mass is 79.9. The summed E-state index contributed by atoms with van der Waals surface area (Å²) in [5.41, 5.74) is 5.86. The van der Waals surface area contributed by atoms with E-state index in [4.69, 9.17) is 5.73 Å². The summed E-state index contributed by atoms with van der Waals surface area (Å²) in [6, 6.07) is 4.64. The van der Waals surface area contributed by atoms with Gasteiger partial charge in [0.15, 0.2) is 0 Å². The summed E-state index contributed by atoms with van der Waals surface area (Å²) in [6.45, 7) is 1.92. The highest BCUT2D eigenvalue weighted by molar-refractivity contribution is 9.10. The maximum atomic E-state index is 12.2. The molecule has 0 saturated heterocycles. The molecule has 2 aromatic rings. The molecule has 1 aromatic heterocycles. The molecule has 0 bridgehead atoms. The van der Waals surface area contributed by atoms with Crippen LogP contribution in [0.4, 0.5) is 10.8 Å². The zero-order valence-electron chi connectivity index (χ0n) is 9.92. The lowest BCUT2D eigenvalue weighted by Crippen LogP contribution is -2.14. The smallest absolute Gasteiger partial charge is 0.265 e. The summed E-state index contributed by atoms with van der Waals surface area (Å²) < 4.78 is 27.4. The maximum Gasteiger partial charge on any atom is 0.265 e. The van der Waals surface area contributed by atoms with Crippen molar-refractivity contribution in [3.63, 3.8) is 0 Å². The van der Waals surface area contributed by atoms with Gasteiger partial charge in [0.25, 0.3) is 10.0 Å². The Balaban J connectivity index is 2.34. The lowest BCUT2D eigenvalue weighted by molar-refractivity contribution is 0.601. The van der Waals surface area contributed by atoms with Gasteiger partial charge in [-0.25, -0.2) is 8.42 Å². The molecule has 0 amide bonds. The first-order valence-electron chi connectivity index (χ1n) is 5.32. The third kappa shape index (κ3) is 3.23. The van der Waals surface area contributed by atoms with Crippen LogP contribution in [0.25, 0.3) is 0 Å². The molecule has 0 saturated carbocycles. The van der Waals surface area contributed by atoms with Crippen LogP contribution in [-0.4, -0.2) is 18.6 Å². The van der Waals surface area contributed by atoms with E-state index in [0.29, 0.717) is 10.9 Å². The number of nitrogens with zero attached hydrogens (tertiary/aromatic N) is 2. The van der Waals surface area contributed by atoms with Crippen molar-refractivity contribution in [2.45, 2.75) is 18.2 Å². The fourth-order valence-electron chi connectivity index (χ4n) is 1.35. The molecule has 0 radical (unpaired) electrons. The number of aryl methyl sites for hydroxylation is 1. The first-order chi connectivity index (χ1) is 8.92. The Labute approximate surface area is 123 Å². The van der Waals surface area contributed by atoms with Crippen LogP contribution in [0.3, 0.4) is 0 Å². The number of nitrogens with one attached hydrogen (secondary N) is 1. The van der Waals surface area contributed by atoms with E-state index in [0.717, 1.165) is 5.01 Å². The molecule has 0 aliphatic carbocycles. The van der Waals surface area contributed by atoms with Gasteiger partial charge in [-0.15, -0.1) is 10.2 Å². The van der Waals surface area contributed by atoms with E-state index in [2.05, 4.69) is 30.8 Å². The number of anilines is 2. The van der Waals surface area contributed by atoms with E-state index in [1.165, 1.54) is 23.5 Å². The fourth-order valence-corrected chi connectivity index (χ4v) is 3.93. The first-order valence-corrected chi connectivity index (χ1v) is 8.42. The second kappa shape index (κ2) is 5.43. The van der Waals surface area contributed by atoms with Crippen molar-refractivity contribution < 1.29 is 8.42 Å². The molecule has 0 aliphatic heterocycles. The maximum absolute atomic E-state index is 12.2. The molecular weight excluding hydrogens is 352 g/mol. The van der Waals surface area contributed by atoms with E-state index < -0.39 is 10.0 Å². The van der Waals surface area contributed by atoms with Crippen molar-refractivity contribution in [3.05, 3.63) is 27.7 Å². The lowest BCUT2D eigenvalue weighted by atomic mass is 10.3. The van der Waals surface area contributed by atoms with Crippen LogP contribution >= 0.6 is 27.3 Å². The Morgan fingerprint density at radius 2 is 2.16 bits per heavy atom. The number of hydrogen-bond donors (Lipinski definition) is 2. The molecular formula is C10H11BrN4O2S2. The van der Waals surface area contributed by atoms with Crippen LogP contribution in [0, 0.1) is 0 Å². The second-order valence-electron chi connectivity index (χ2n) is 3.64. The molecule has 1 heterocycles. The molecule has 2 rings (SSSR count). The van der Waals surface area contributed by atoms with Crippen molar-refractivity contribution in [3.8, 4) is 0 Å². The van der Waals surface area contributed by atoms with Crippen molar-refractivity contribution in [1.29, 1.82) is 0 Å². The number of benzene rings is 1. The standard InChI is InChI=1S/C10H11BrN4O2S2/c1-2-9-13-14-10(18-9)15-19(16,17)8-5-6(11)3-4-7(8)12/h3-5H,2,12H2,1H3,(H,14,15). The van der Waals surface area contributed by atoms with Gasteiger partial charge in [-0.2, -0.15) is 0 Å². The van der Waals surface area contributed by atoms with Gasteiger partial charge in [0.05, 0.1) is 5.69 Å². The number of hydrogen-bond acceptors (Lipinski definition) is 6. The molecule has 3 N–H and O–H groups in total. The predicted octanol–water partition coefficient (Wildman–Crippen LogP) is 2.25. The highest BCUT2D eigenvalue weighted by Gasteiger charge is 2.19. The van der Waals surface area contributed by atoms with Crippen LogP contribution in [0.15, 0.2) is 27.6 Å². The highest BCUT2D eigenvalue weighted by Crippen LogP contribution is 2.26. The molecule has 0 spiro atoms. The minimum Gasteiger partial charge on any atom is -0.398 e. The van der Waals surface area contributed by atoms with Crippen LogP contribution in [0.2, 0.25) is 0 Å². The van der Waals surface area contributed by atoms with Crippen LogP contribution in [0.1, 0.15) is 11.9 Å². The van der Waals surface area contributed by atoms with Crippen LogP contribution < -0.4 is 10.5 Å². The number of sulfonamides is 1. The van der Waals surface area contributed by atoms with Gasteiger partial charge >= 0.3 is 0 Å². The van der Waals surface area contributed by atoms with E-state index in [1.807, 2.05) is 6.92 Å². The Morgan fingerprint density at radius 1 is 1.42 bits per heavy atom. The first kappa shape index (κ1) is 14.2. The van der Waals surface area contributed by atoms with Gasteiger partial charge in [-0.05, 0) is 24.6 Å². The van der Waals surface area contributed by atoms with Crippen LogP contribution in [0.5, 0.6) is 0 Å². The number of halogens is 1. The van der Waals surface area contributed by atoms with E-state index in [9.17, 15) is 8.42 Å². The molecule has 9 heteroatoms. The molecule has 0 unspecified atom stereocenters. The summed E-state index contributed by atoms with van der Waals surface area (Å²) >= 11 is 4.42. The van der Waals surface area contributed by atoms with Crippen molar-refractivity contribution in [2.75, 3.05) is 10.5 Å². The number of nitrogen functional groups attached to an aromatic ring is 1. The van der Waals surface area contributed by atoms with Gasteiger partial charge < -0.3 is 5.73 Å². The molecule has 0 atom stereocenters. The largest absolute Gasteiger partial charge is 0.398 e. The summed E-state index contributed by atoms with van der Waals surface area (Å²) in [5.74, 6) is 0. The molecule has 19 heavy (non-hydrogen) atoms. The zero-order chi connectivity index (χ0) is 14.0. The number of nitrogens with two attached hydrogens (primary N) is 1. The summed E-state index contributed by atoms with van der Waals surface area (Å²) in [5, 5.41) is 8.63. The molecule has 0 aliphatic rings. The second-order valence-corrected chi connectivity index (χ2v) is 7.27. The fraction of sp³-hybridized carbons (Fsp3) is 0.200. The average Bonchev–Trinajstić information content (AvgIpc) is 2.79. The quantitative estimate of drug-likeness (QED) is 0.812. The number of aromatic nitrogens is 2. The third-order valence-electron chi connectivity index (χ3n) is 2.26. The molecule has 1 aromatic carbocycles.